The van der Waals surface area contributed by atoms with Gasteiger partial charge in [-0.1, -0.05) is 24.6 Å². The van der Waals surface area contributed by atoms with Gasteiger partial charge in [-0.2, -0.15) is 0 Å². The van der Waals surface area contributed by atoms with Gasteiger partial charge in [0.25, 0.3) is 0 Å². The number of benzene rings is 1. The van der Waals surface area contributed by atoms with Crippen molar-refractivity contribution >= 4 is 11.9 Å². The van der Waals surface area contributed by atoms with Crippen molar-refractivity contribution in [3.05, 3.63) is 41.7 Å². The van der Waals surface area contributed by atoms with Crippen LogP contribution in [0.15, 0.2) is 30.3 Å². The smallest absolute Gasteiger partial charge is 0.156 e. The van der Waals surface area contributed by atoms with Crippen molar-refractivity contribution in [2.75, 3.05) is 19.6 Å². The van der Waals surface area contributed by atoms with Crippen molar-refractivity contribution in [1.82, 2.24) is 4.90 Å². The first-order valence-electron chi connectivity index (χ1n) is 6.93. The van der Waals surface area contributed by atoms with Crippen LogP contribution in [0.2, 0.25) is 0 Å². The van der Waals surface area contributed by atoms with E-state index in [4.69, 9.17) is 0 Å². The van der Waals surface area contributed by atoms with Crippen LogP contribution in [0.1, 0.15) is 31.2 Å². The third-order valence-corrected chi connectivity index (χ3v) is 3.45. The molecule has 1 aliphatic heterocycles. The number of carbonyl (C=O) groups is 1. The van der Waals surface area contributed by atoms with Gasteiger partial charge in [-0.15, -0.1) is 0 Å². The van der Waals surface area contributed by atoms with E-state index < -0.39 is 0 Å². The molecule has 0 atom stereocenters. The largest absolute Gasteiger partial charge is 0.303 e. The fraction of sp³-hybridized carbons (Fsp3) is 0.438. The number of rotatable bonds is 5. The van der Waals surface area contributed by atoms with E-state index in [0.717, 1.165) is 25.2 Å². The Morgan fingerprint density at radius 3 is 2.53 bits per heavy atom. The highest BCUT2D eigenvalue weighted by molar-refractivity contribution is 5.93. The van der Waals surface area contributed by atoms with E-state index in [1.54, 1.807) is 24.3 Å². The second-order valence-corrected chi connectivity index (χ2v) is 5.00. The van der Waals surface area contributed by atoms with Gasteiger partial charge in [-0.05, 0) is 49.7 Å². The van der Waals surface area contributed by atoms with Gasteiger partial charge in [-0.3, -0.25) is 4.79 Å². The zero-order chi connectivity index (χ0) is 13.5. The van der Waals surface area contributed by atoms with Crippen molar-refractivity contribution in [2.45, 2.75) is 25.7 Å². The van der Waals surface area contributed by atoms with Crippen LogP contribution in [0, 0.1) is 5.82 Å². The second kappa shape index (κ2) is 7.19. The van der Waals surface area contributed by atoms with Gasteiger partial charge < -0.3 is 4.90 Å². The molecule has 0 N–H and O–H groups in total. The highest BCUT2D eigenvalue weighted by Crippen LogP contribution is 2.09. The maximum Gasteiger partial charge on any atom is 0.156 e. The van der Waals surface area contributed by atoms with E-state index >= 15 is 0 Å². The molecule has 0 radical (unpaired) electrons. The first-order valence-corrected chi connectivity index (χ1v) is 6.93. The van der Waals surface area contributed by atoms with Crippen LogP contribution in [0.5, 0.6) is 0 Å². The number of allylic oxidation sites excluding steroid dienone is 1. The van der Waals surface area contributed by atoms with Crippen LogP contribution in [0.25, 0.3) is 6.08 Å². The molecule has 19 heavy (non-hydrogen) atoms. The molecule has 0 bridgehead atoms. The SMILES string of the molecule is O=C(/C=C/c1ccc(F)cc1)CCN1CCCCC1. The quantitative estimate of drug-likeness (QED) is 0.758. The van der Waals surface area contributed by atoms with E-state index in [9.17, 15) is 9.18 Å². The maximum absolute atomic E-state index is 12.7. The minimum atomic E-state index is -0.256. The molecule has 0 unspecified atom stereocenters. The van der Waals surface area contributed by atoms with Gasteiger partial charge in [0.15, 0.2) is 5.78 Å². The average Bonchev–Trinajstić information content (AvgIpc) is 2.45. The lowest BCUT2D eigenvalue weighted by atomic mass is 10.1. The summed E-state index contributed by atoms with van der Waals surface area (Å²) in [7, 11) is 0. The molecule has 2 nitrogen and oxygen atoms in total. The summed E-state index contributed by atoms with van der Waals surface area (Å²) in [6.45, 7) is 3.09. The van der Waals surface area contributed by atoms with Crippen LogP contribution in [-0.4, -0.2) is 30.3 Å². The third-order valence-electron chi connectivity index (χ3n) is 3.45. The number of halogens is 1. The van der Waals surface area contributed by atoms with Crippen molar-refractivity contribution in [1.29, 1.82) is 0 Å². The predicted octanol–water partition coefficient (Wildman–Crippen LogP) is 3.28. The highest BCUT2D eigenvalue weighted by Gasteiger charge is 2.10. The molecule has 1 aliphatic rings. The molecule has 3 heteroatoms. The summed E-state index contributed by atoms with van der Waals surface area (Å²) in [6.07, 6.45) is 7.72. The van der Waals surface area contributed by atoms with Crippen LogP contribution >= 0.6 is 0 Å². The summed E-state index contributed by atoms with van der Waals surface area (Å²) in [5.41, 5.74) is 0.854. The molecule has 1 fully saturated rings. The molecule has 1 saturated heterocycles. The summed E-state index contributed by atoms with van der Waals surface area (Å²) in [5.74, 6) is -0.122. The van der Waals surface area contributed by atoms with Gasteiger partial charge in [0.2, 0.25) is 0 Å². The molecule has 0 aromatic heterocycles. The van der Waals surface area contributed by atoms with Gasteiger partial charge >= 0.3 is 0 Å². The third kappa shape index (κ3) is 4.95. The Hall–Kier alpha value is -1.48. The van der Waals surface area contributed by atoms with E-state index in [0.29, 0.717) is 6.42 Å². The Bertz CT molecular complexity index is 433. The first kappa shape index (κ1) is 13.9. The lowest BCUT2D eigenvalue weighted by Gasteiger charge is -2.25. The lowest BCUT2D eigenvalue weighted by Crippen LogP contribution is -2.31. The fourth-order valence-electron chi connectivity index (χ4n) is 2.30. The van der Waals surface area contributed by atoms with E-state index in [2.05, 4.69) is 4.90 Å². The fourth-order valence-corrected chi connectivity index (χ4v) is 2.30. The lowest BCUT2D eigenvalue weighted by molar-refractivity contribution is -0.114. The van der Waals surface area contributed by atoms with Gasteiger partial charge in [-0.25, -0.2) is 4.39 Å². The second-order valence-electron chi connectivity index (χ2n) is 5.00. The summed E-state index contributed by atoms with van der Waals surface area (Å²) in [4.78, 5) is 14.1. The molecular formula is C16H20FNO. The number of hydrogen-bond donors (Lipinski definition) is 0. The number of carbonyl (C=O) groups excluding carboxylic acids is 1. The van der Waals surface area contributed by atoms with Crippen LogP contribution in [0.3, 0.4) is 0 Å². The maximum atomic E-state index is 12.7. The highest BCUT2D eigenvalue weighted by atomic mass is 19.1. The van der Waals surface area contributed by atoms with E-state index in [1.165, 1.54) is 31.4 Å². The Balaban J connectivity index is 1.75. The minimum Gasteiger partial charge on any atom is -0.303 e. The summed E-state index contributed by atoms with van der Waals surface area (Å²) in [5, 5.41) is 0. The summed E-state index contributed by atoms with van der Waals surface area (Å²) in [6, 6.07) is 6.14. The zero-order valence-corrected chi connectivity index (χ0v) is 11.1. The van der Waals surface area contributed by atoms with Crippen molar-refractivity contribution in [2.24, 2.45) is 0 Å². The molecule has 0 saturated carbocycles. The molecule has 0 spiro atoms. The van der Waals surface area contributed by atoms with Crippen LogP contribution in [-0.2, 0) is 4.79 Å². The van der Waals surface area contributed by atoms with Crippen LogP contribution in [0.4, 0.5) is 4.39 Å². The monoisotopic (exact) mass is 261 g/mol. The molecule has 1 aromatic carbocycles. The van der Waals surface area contributed by atoms with Crippen molar-refractivity contribution in [3.63, 3.8) is 0 Å². The number of likely N-dealkylation sites (tertiary alicyclic amines) is 1. The number of nitrogens with zero attached hydrogens (tertiary/aromatic N) is 1. The van der Waals surface area contributed by atoms with Crippen molar-refractivity contribution < 1.29 is 9.18 Å². The summed E-state index contributed by atoms with van der Waals surface area (Å²) < 4.78 is 12.7. The molecule has 0 aliphatic carbocycles. The zero-order valence-electron chi connectivity index (χ0n) is 11.1. The Morgan fingerprint density at radius 1 is 1.16 bits per heavy atom. The Morgan fingerprint density at radius 2 is 1.84 bits per heavy atom. The number of hydrogen-bond acceptors (Lipinski definition) is 2. The molecule has 1 aromatic rings. The van der Waals surface area contributed by atoms with E-state index in [1.807, 2.05) is 0 Å². The molecule has 2 rings (SSSR count). The van der Waals surface area contributed by atoms with Gasteiger partial charge in [0.05, 0.1) is 0 Å². The van der Waals surface area contributed by atoms with Crippen LogP contribution < -0.4 is 0 Å². The Kier molecular flexibility index (Phi) is 5.28. The first-order chi connectivity index (χ1) is 9.24. The predicted molar refractivity (Wildman–Crippen MR) is 75.3 cm³/mol. The Labute approximate surface area is 113 Å². The van der Waals surface area contributed by atoms with Gasteiger partial charge in [0.1, 0.15) is 5.82 Å². The van der Waals surface area contributed by atoms with E-state index in [-0.39, 0.29) is 11.6 Å². The molecule has 1 heterocycles. The minimum absolute atomic E-state index is 0.134. The van der Waals surface area contributed by atoms with Gasteiger partial charge in [0, 0.05) is 13.0 Å². The average molecular weight is 261 g/mol. The number of ketones is 1. The molecular weight excluding hydrogens is 241 g/mol. The topological polar surface area (TPSA) is 20.3 Å². The number of piperidine rings is 1. The van der Waals surface area contributed by atoms with Crippen molar-refractivity contribution in [3.8, 4) is 0 Å². The molecule has 102 valence electrons. The molecule has 0 amide bonds. The standard InChI is InChI=1S/C16H20FNO/c17-15-7-4-14(5-8-15)6-9-16(19)10-13-18-11-2-1-3-12-18/h4-9H,1-3,10-13H2/b9-6+. The summed E-state index contributed by atoms with van der Waals surface area (Å²) >= 11 is 0. The normalized spacial score (nSPS) is 16.9.